The van der Waals surface area contributed by atoms with E-state index in [2.05, 4.69) is 31.1 Å². The lowest BCUT2D eigenvalue weighted by Crippen LogP contribution is -2.24. The predicted octanol–water partition coefficient (Wildman–Crippen LogP) is 3.77. The van der Waals surface area contributed by atoms with E-state index < -0.39 is 0 Å². The highest BCUT2D eigenvalue weighted by molar-refractivity contribution is 4.55. The Morgan fingerprint density at radius 3 is 2.00 bits per heavy atom. The highest BCUT2D eigenvalue weighted by atomic mass is 15.1. The molecule has 0 aliphatic rings. The number of hydrogen-bond donors (Lipinski definition) is 1. The third kappa shape index (κ3) is 18.5. The average Bonchev–Trinajstić information content (AvgIpc) is 2.29. The Morgan fingerprint density at radius 2 is 1.47 bits per heavy atom. The molecule has 1 N–H and O–H groups in total. The van der Waals surface area contributed by atoms with E-state index in [0.717, 1.165) is 5.92 Å². The monoisotopic (exact) mass is 244 g/mol. The number of unbranched alkanes of at least 4 members (excludes halogenated alkanes) is 4. The zero-order valence-electron chi connectivity index (χ0n) is 13.2. The van der Waals surface area contributed by atoms with E-state index in [4.69, 9.17) is 0 Å². The van der Waals surface area contributed by atoms with Crippen molar-refractivity contribution >= 4 is 0 Å². The van der Waals surface area contributed by atoms with Crippen molar-refractivity contribution in [3.05, 3.63) is 0 Å². The molecule has 0 fully saturated rings. The van der Waals surface area contributed by atoms with E-state index >= 15 is 0 Å². The molecule has 0 aliphatic carbocycles. The van der Waals surface area contributed by atoms with Gasteiger partial charge < -0.3 is 10.2 Å². The smallest absolute Gasteiger partial charge is 0.000133 e. The summed E-state index contributed by atoms with van der Waals surface area (Å²) < 4.78 is 0. The van der Waals surface area contributed by atoms with E-state index in [-0.39, 0.29) is 0 Å². The lowest BCUT2D eigenvalue weighted by Gasteiger charge is -2.18. The van der Waals surface area contributed by atoms with Crippen molar-refractivity contribution in [1.82, 2.24) is 10.2 Å². The van der Waals surface area contributed by atoms with Crippen molar-refractivity contribution < 1.29 is 0 Å². The molecule has 0 aromatic carbocycles. The lowest BCUT2D eigenvalue weighted by atomic mass is 10.1. The fourth-order valence-electron chi connectivity index (χ4n) is 1.93. The second kappa shape index (κ2) is 15.9. The van der Waals surface area contributed by atoms with Crippen LogP contribution in [0, 0.1) is 5.92 Å². The van der Waals surface area contributed by atoms with Gasteiger partial charge in [0.1, 0.15) is 0 Å². The molecule has 17 heavy (non-hydrogen) atoms. The number of rotatable bonds is 10. The summed E-state index contributed by atoms with van der Waals surface area (Å²) in [4.78, 5) is 2.46. The zero-order chi connectivity index (χ0) is 13.5. The van der Waals surface area contributed by atoms with Crippen LogP contribution in [0.5, 0.6) is 0 Å². The van der Waals surface area contributed by atoms with Crippen LogP contribution in [0.3, 0.4) is 0 Å². The average molecular weight is 244 g/mol. The molecule has 0 rings (SSSR count). The topological polar surface area (TPSA) is 15.3 Å². The second-order valence-corrected chi connectivity index (χ2v) is 5.03. The van der Waals surface area contributed by atoms with Gasteiger partial charge in [0, 0.05) is 6.54 Å². The molecule has 106 valence electrons. The van der Waals surface area contributed by atoms with Gasteiger partial charge in [-0.2, -0.15) is 0 Å². The van der Waals surface area contributed by atoms with E-state index in [0.29, 0.717) is 0 Å². The Hall–Kier alpha value is -0.0800. The zero-order valence-corrected chi connectivity index (χ0v) is 13.2. The SMILES string of the molecule is CC.CNCCCCCCCN(C)CC(C)C. The van der Waals surface area contributed by atoms with Crippen LogP contribution in [0.15, 0.2) is 0 Å². The predicted molar refractivity (Wildman–Crippen MR) is 80.7 cm³/mol. The second-order valence-electron chi connectivity index (χ2n) is 5.03. The first-order valence-corrected chi connectivity index (χ1v) is 7.50. The van der Waals surface area contributed by atoms with Crippen LogP contribution in [0.25, 0.3) is 0 Å². The summed E-state index contributed by atoms with van der Waals surface area (Å²) in [6, 6.07) is 0. The molecule has 0 amide bonds. The van der Waals surface area contributed by atoms with Gasteiger partial charge in [-0.3, -0.25) is 0 Å². The summed E-state index contributed by atoms with van der Waals surface area (Å²) in [7, 11) is 4.27. The van der Waals surface area contributed by atoms with E-state index in [1.54, 1.807) is 0 Å². The molecule has 0 aliphatic heterocycles. The lowest BCUT2D eigenvalue weighted by molar-refractivity contribution is 0.288. The molecular weight excluding hydrogens is 208 g/mol. The Kier molecular flexibility index (Phi) is 18.0. The van der Waals surface area contributed by atoms with Gasteiger partial charge in [-0.1, -0.05) is 47.0 Å². The molecule has 0 aromatic rings. The number of nitrogens with zero attached hydrogens (tertiary/aromatic N) is 1. The van der Waals surface area contributed by atoms with Gasteiger partial charge in [0.2, 0.25) is 0 Å². The van der Waals surface area contributed by atoms with Gasteiger partial charge >= 0.3 is 0 Å². The van der Waals surface area contributed by atoms with Crippen LogP contribution in [0.2, 0.25) is 0 Å². The fourth-order valence-corrected chi connectivity index (χ4v) is 1.93. The summed E-state index contributed by atoms with van der Waals surface area (Å²) in [5.41, 5.74) is 0. The molecule has 0 bridgehead atoms. The number of hydrogen-bond acceptors (Lipinski definition) is 2. The molecule has 0 aromatic heterocycles. The Morgan fingerprint density at radius 1 is 0.941 bits per heavy atom. The molecule has 0 saturated heterocycles. The van der Waals surface area contributed by atoms with Crippen LogP contribution < -0.4 is 5.32 Å². The quantitative estimate of drug-likeness (QED) is 0.589. The van der Waals surface area contributed by atoms with E-state index in [1.165, 1.54) is 51.7 Å². The maximum atomic E-state index is 3.19. The van der Waals surface area contributed by atoms with Crippen molar-refractivity contribution in [2.45, 2.75) is 59.8 Å². The molecule has 0 saturated carbocycles. The standard InChI is InChI=1S/C13H30N2.C2H6/c1-13(2)12-15(4)11-9-7-5-6-8-10-14-3;1-2/h13-14H,5-12H2,1-4H3;1-2H3. The van der Waals surface area contributed by atoms with Gasteiger partial charge in [-0.25, -0.2) is 0 Å². The molecule has 0 atom stereocenters. The first-order valence-electron chi connectivity index (χ1n) is 7.50. The van der Waals surface area contributed by atoms with Crippen LogP contribution in [0.1, 0.15) is 59.8 Å². The minimum atomic E-state index is 0.797. The molecular formula is C15H36N2. The minimum absolute atomic E-state index is 0.797. The van der Waals surface area contributed by atoms with Crippen LogP contribution in [0.4, 0.5) is 0 Å². The Labute approximate surface area is 110 Å². The first-order chi connectivity index (χ1) is 8.16. The van der Waals surface area contributed by atoms with E-state index in [9.17, 15) is 0 Å². The first kappa shape index (κ1) is 19.3. The highest BCUT2D eigenvalue weighted by Crippen LogP contribution is 2.04. The maximum Gasteiger partial charge on any atom is 0.000133 e. The van der Waals surface area contributed by atoms with Crippen molar-refractivity contribution in [2.24, 2.45) is 5.92 Å². The van der Waals surface area contributed by atoms with Gasteiger partial charge in [0.15, 0.2) is 0 Å². The molecule has 2 heteroatoms. The summed E-state index contributed by atoms with van der Waals surface area (Å²) in [5.74, 6) is 0.797. The van der Waals surface area contributed by atoms with E-state index in [1.807, 2.05) is 20.9 Å². The molecule has 0 heterocycles. The summed E-state index contributed by atoms with van der Waals surface area (Å²) in [6.07, 6.45) is 6.87. The normalized spacial score (nSPS) is 10.6. The van der Waals surface area contributed by atoms with Crippen LogP contribution in [-0.2, 0) is 0 Å². The van der Waals surface area contributed by atoms with Crippen molar-refractivity contribution in [3.8, 4) is 0 Å². The van der Waals surface area contributed by atoms with Crippen molar-refractivity contribution in [2.75, 3.05) is 33.7 Å². The fraction of sp³-hybridized carbons (Fsp3) is 1.00. The third-order valence-corrected chi connectivity index (χ3v) is 2.64. The van der Waals surface area contributed by atoms with Crippen molar-refractivity contribution in [1.29, 1.82) is 0 Å². The Bertz CT molecular complexity index is 124. The van der Waals surface area contributed by atoms with Crippen molar-refractivity contribution in [3.63, 3.8) is 0 Å². The van der Waals surface area contributed by atoms with Gasteiger partial charge in [-0.15, -0.1) is 0 Å². The van der Waals surface area contributed by atoms with Gasteiger partial charge in [0.05, 0.1) is 0 Å². The molecule has 0 radical (unpaired) electrons. The maximum absolute atomic E-state index is 3.19. The van der Waals surface area contributed by atoms with Gasteiger partial charge in [-0.05, 0) is 45.9 Å². The molecule has 0 spiro atoms. The minimum Gasteiger partial charge on any atom is -0.320 e. The molecule has 0 unspecified atom stereocenters. The highest BCUT2D eigenvalue weighted by Gasteiger charge is 2.00. The summed E-state index contributed by atoms with van der Waals surface area (Å²) >= 11 is 0. The van der Waals surface area contributed by atoms with Crippen LogP contribution >= 0.6 is 0 Å². The Balaban J connectivity index is 0. The largest absolute Gasteiger partial charge is 0.320 e. The third-order valence-electron chi connectivity index (χ3n) is 2.64. The van der Waals surface area contributed by atoms with Crippen LogP contribution in [-0.4, -0.2) is 38.6 Å². The summed E-state index contributed by atoms with van der Waals surface area (Å²) in [6.45, 7) is 12.2. The molecule has 2 nitrogen and oxygen atoms in total. The van der Waals surface area contributed by atoms with Gasteiger partial charge in [0.25, 0.3) is 0 Å². The summed E-state index contributed by atoms with van der Waals surface area (Å²) in [5, 5.41) is 3.19. The number of nitrogens with one attached hydrogen (secondary N) is 1.